The maximum absolute atomic E-state index is 12.7. The lowest BCUT2D eigenvalue weighted by Gasteiger charge is -2.36. The summed E-state index contributed by atoms with van der Waals surface area (Å²) in [5.74, 6) is 1.05. The van der Waals surface area contributed by atoms with Gasteiger partial charge in [0.05, 0.1) is 0 Å². The zero-order valence-electron chi connectivity index (χ0n) is 16.9. The van der Waals surface area contributed by atoms with Crippen LogP contribution in [0.2, 0.25) is 0 Å². The van der Waals surface area contributed by atoms with Gasteiger partial charge in [0.1, 0.15) is 6.54 Å². The molecular weight excluding hydrogens is 364 g/mol. The fourth-order valence-electron chi connectivity index (χ4n) is 3.52. The first-order valence-corrected chi connectivity index (χ1v) is 10.1. The summed E-state index contributed by atoms with van der Waals surface area (Å²) in [5.41, 5.74) is 3.38. The van der Waals surface area contributed by atoms with Crippen molar-refractivity contribution in [3.05, 3.63) is 60.2 Å². The summed E-state index contributed by atoms with van der Waals surface area (Å²) in [6.07, 6.45) is 0. The highest BCUT2D eigenvalue weighted by molar-refractivity contribution is 5.76. The van der Waals surface area contributed by atoms with E-state index in [1.807, 2.05) is 35.2 Å². The molecule has 1 aliphatic heterocycles. The largest absolute Gasteiger partial charge is 0.368 e. The van der Waals surface area contributed by atoms with Crippen LogP contribution in [0.15, 0.2) is 54.6 Å². The Morgan fingerprint density at radius 2 is 1.66 bits per heavy atom. The summed E-state index contributed by atoms with van der Waals surface area (Å²) in [7, 11) is 0. The highest BCUT2D eigenvalue weighted by Gasteiger charge is 2.22. The van der Waals surface area contributed by atoms with Crippen molar-refractivity contribution in [2.45, 2.75) is 26.3 Å². The van der Waals surface area contributed by atoms with Crippen LogP contribution in [0, 0.1) is 0 Å². The van der Waals surface area contributed by atoms with Gasteiger partial charge in [-0.1, -0.05) is 56.3 Å². The Morgan fingerprint density at radius 3 is 2.31 bits per heavy atom. The monoisotopic (exact) mass is 390 g/mol. The van der Waals surface area contributed by atoms with Gasteiger partial charge in [-0.05, 0) is 28.8 Å². The smallest absolute Gasteiger partial charge is 0.246 e. The van der Waals surface area contributed by atoms with Crippen molar-refractivity contribution in [1.82, 2.24) is 25.1 Å². The molecule has 0 spiro atoms. The molecule has 1 amide bonds. The van der Waals surface area contributed by atoms with Gasteiger partial charge in [0.25, 0.3) is 0 Å². The van der Waals surface area contributed by atoms with E-state index >= 15 is 0 Å². The molecule has 0 aliphatic carbocycles. The number of carbonyl (C=O) groups excluding carboxylic acids is 1. The van der Waals surface area contributed by atoms with E-state index in [-0.39, 0.29) is 12.5 Å². The number of tetrazole rings is 1. The van der Waals surface area contributed by atoms with Crippen LogP contribution in [-0.2, 0) is 11.3 Å². The van der Waals surface area contributed by atoms with E-state index < -0.39 is 0 Å². The number of para-hydroxylation sites is 1. The lowest BCUT2D eigenvalue weighted by Crippen LogP contribution is -2.49. The Kier molecular flexibility index (Phi) is 5.55. The van der Waals surface area contributed by atoms with Crippen LogP contribution < -0.4 is 4.90 Å². The van der Waals surface area contributed by atoms with Crippen LogP contribution in [0.4, 0.5) is 5.69 Å². The topological polar surface area (TPSA) is 67.2 Å². The van der Waals surface area contributed by atoms with Crippen molar-refractivity contribution in [2.24, 2.45) is 0 Å². The van der Waals surface area contributed by atoms with Crippen LogP contribution >= 0.6 is 0 Å². The fourth-order valence-corrected chi connectivity index (χ4v) is 3.52. The highest BCUT2D eigenvalue weighted by atomic mass is 16.2. The molecule has 0 bridgehead atoms. The first kappa shape index (κ1) is 19.1. The molecule has 2 heterocycles. The second-order valence-corrected chi connectivity index (χ2v) is 7.62. The van der Waals surface area contributed by atoms with Crippen LogP contribution in [0.3, 0.4) is 0 Å². The van der Waals surface area contributed by atoms with Crippen molar-refractivity contribution in [3.63, 3.8) is 0 Å². The Hall–Kier alpha value is -3.22. The van der Waals surface area contributed by atoms with E-state index in [0.29, 0.717) is 24.8 Å². The summed E-state index contributed by atoms with van der Waals surface area (Å²) in [6, 6.07) is 18.5. The molecule has 2 aromatic carbocycles. The van der Waals surface area contributed by atoms with E-state index in [0.717, 1.165) is 18.7 Å². The zero-order chi connectivity index (χ0) is 20.2. The molecule has 7 heteroatoms. The maximum Gasteiger partial charge on any atom is 0.246 e. The zero-order valence-corrected chi connectivity index (χ0v) is 16.9. The molecule has 1 fully saturated rings. The second kappa shape index (κ2) is 8.43. The number of nitrogens with zero attached hydrogens (tertiary/aromatic N) is 6. The standard InChI is InChI=1S/C22H26N6O/c1-17(2)18-8-10-19(11-9-18)22-23-25-28(24-22)16-21(29)27-14-12-26(13-15-27)20-6-4-3-5-7-20/h3-11,17H,12-16H2,1-2H3. The lowest BCUT2D eigenvalue weighted by molar-refractivity contribution is -0.132. The Morgan fingerprint density at radius 1 is 0.966 bits per heavy atom. The quantitative estimate of drug-likeness (QED) is 0.670. The van der Waals surface area contributed by atoms with Gasteiger partial charge in [0.15, 0.2) is 0 Å². The Balaban J connectivity index is 1.34. The molecule has 150 valence electrons. The molecular formula is C22H26N6O. The van der Waals surface area contributed by atoms with E-state index in [9.17, 15) is 4.79 Å². The number of amides is 1. The number of hydrogen-bond donors (Lipinski definition) is 0. The molecule has 0 radical (unpaired) electrons. The predicted molar refractivity (Wildman–Crippen MR) is 113 cm³/mol. The highest BCUT2D eigenvalue weighted by Crippen LogP contribution is 2.19. The van der Waals surface area contributed by atoms with E-state index in [1.165, 1.54) is 16.0 Å². The number of hydrogen-bond acceptors (Lipinski definition) is 5. The molecule has 1 saturated heterocycles. The number of piperazine rings is 1. The molecule has 1 aliphatic rings. The minimum Gasteiger partial charge on any atom is -0.368 e. The summed E-state index contributed by atoms with van der Waals surface area (Å²) < 4.78 is 0. The van der Waals surface area contributed by atoms with Crippen LogP contribution in [0.5, 0.6) is 0 Å². The second-order valence-electron chi connectivity index (χ2n) is 7.62. The van der Waals surface area contributed by atoms with Crippen LogP contribution in [0.1, 0.15) is 25.3 Å². The molecule has 0 saturated carbocycles. The number of rotatable bonds is 5. The number of carbonyl (C=O) groups is 1. The van der Waals surface area contributed by atoms with Gasteiger partial charge < -0.3 is 9.80 Å². The maximum atomic E-state index is 12.7. The third-order valence-corrected chi connectivity index (χ3v) is 5.32. The van der Waals surface area contributed by atoms with Gasteiger partial charge in [-0.2, -0.15) is 4.80 Å². The Labute approximate surface area is 170 Å². The summed E-state index contributed by atoms with van der Waals surface area (Å²) >= 11 is 0. The number of benzene rings is 2. The van der Waals surface area contributed by atoms with Crippen molar-refractivity contribution in [3.8, 4) is 11.4 Å². The fraction of sp³-hybridized carbons (Fsp3) is 0.364. The van der Waals surface area contributed by atoms with Gasteiger partial charge in [-0.15, -0.1) is 10.2 Å². The molecule has 0 unspecified atom stereocenters. The van der Waals surface area contributed by atoms with Crippen molar-refractivity contribution in [1.29, 1.82) is 0 Å². The third-order valence-electron chi connectivity index (χ3n) is 5.32. The molecule has 1 aromatic heterocycles. The summed E-state index contributed by atoms with van der Waals surface area (Å²) in [5, 5.41) is 12.6. The van der Waals surface area contributed by atoms with Gasteiger partial charge >= 0.3 is 0 Å². The molecule has 0 N–H and O–H groups in total. The average Bonchev–Trinajstić information content (AvgIpc) is 3.23. The third kappa shape index (κ3) is 4.45. The van der Waals surface area contributed by atoms with Crippen molar-refractivity contribution in [2.75, 3.05) is 31.1 Å². The van der Waals surface area contributed by atoms with E-state index in [2.05, 4.69) is 58.4 Å². The van der Waals surface area contributed by atoms with Gasteiger partial charge in [0.2, 0.25) is 11.7 Å². The molecule has 7 nitrogen and oxygen atoms in total. The summed E-state index contributed by atoms with van der Waals surface area (Å²) in [6.45, 7) is 7.49. The molecule has 0 atom stereocenters. The number of aromatic nitrogens is 4. The lowest BCUT2D eigenvalue weighted by atomic mass is 10.0. The Bertz CT molecular complexity index is 943. The minimum absolute atomic E-state index is 0.0248. The van der Waals surface area contributed by atoms with Crippen molar-refractivity contribution >= 4 is 11.6 Å². The average molecular weight is 390 g/mol. The van der Waals surface area contributed by atoms with Crippen LogP contribution in [-0.4, -0.2) is 57.2 Å². The minimum atomic E-state index is 0.0248. The van der Waals surface area contributed by atoms with Crippen LogP contribution in [0.25, 0.3) is 11.4 Å². The first-order chi connectivity index (χ1) is 14.1. The first-order valence-electron chi connectivity index (χ1n) is 10.1. The van der Waals surface area contributed by atoms with E-state index in [4.69, 9.17) is 0 Å². The molecule has 4 rings (SSSR count). The summed E-state index contributed by atoms with van der Waals surface area (Å²) in [4.78, 5) is 18.2. The predicted octanol–water partition coefficient (Wildman–Crippen LogP) is 2.81. The SMILES string of the molecule is CC(C)c1ccc(-c2nnn(CC(=O)N3CCN(c4ccccc4)CC3)n2)cc1. The van der Waals surface area contributed by atoms with Gasteiger partial charge in [-0.25, -0.2) is 0 Å². The van der Waals surface area contributed by atoms with E-state index in [1.54, 1.807) is 0 Å². The molecule has 3 aromatic rings. The number of anilines is 1. The molecule has 29 heavy (non-hydrogen) atoms. The van der Waals surface area contributed by atoms with Crippen molar-refractivity contribution < 1.29 is 4.79 Å². The normalized spacial score (nSPS) is 14.4. The van der Waals surface area contributed by atoms with Gasteiger partial charge in [-0.3, -0.25) is 4.79 Å². The van der Waals surface area contributed by atoms with Gasteiger partial charge in [0, 0.05) is 37.4 Å².